The summed E-state index contributed by atoms with van der Waals surface area (Å²) < 4.78 is 28.1. The van der Waals surface area contributed by atoms with Gasteiger partial charge in [-0.05, 0) is 55.7 Å². The minimum Gasteiger partial charge on any atom is -0.326 e. The molecule has 8 heteroatoms. The molecule has 0 aromatic heterocycles. The van der Waals surface area contributed by atoms with Crippen LogP contribution in [0, 0.1) is 12.8 Å². The molecule has 1 heterocycles. The molecule has 1 saturated heterocycles. The first-order valence-electron chi connectivity index (χ1n) is 11.1. The summed E-state index contributed by atoms with van der Waals surface area (Å²) in [7, 11) is -3.58. The molecule has 0 unspecified atom stereocenters. The average Bonchev–Trinajstić information content (AvgIpc) is 3.16. The highest BCUT2D eigenvalue weighted by atomic mass is 32.2. The van der Waals surface area contributed by atoms with E-state index in [0.29, 0.717) is 12.2 Å². The average molecular weight is 456 g/mol. The third-order valence-electron chi connectivity index (χ3n) is 6.26. The maximum atomic E-state index is 12.7. The second-order valence-electron chi connectivity index (χ2n) is 8.66. The number of benzene rings is 2. The van der Waals surface area contributed by atoms with Crippen LogP contribution in [0.2, 0.25) is 0 Å². The molecule has 2 fully saturated rings. The van der Waals surface area contributed by atoms with E-state index in [1.165, 1.54) is 12.1 Å². The van der Waals surface area contributed by atoms with Crippen LogP contribution in [0.4, 0.5) is 11.4 Å². The van der Waals surface area contributed by atoms with E-state index < -0.39 is 15.9 Å². The van der Waals surface area contributed by atoms with Gasteiger partial charge in [-0.15, -0.1) is 0 Å². The molecule has 7 nitrogen and oxygen atoms in total. The molecule has 2 amide bonds. The van der Waals surface area contributed by atoms with Gasteiger partial charge < -0.3 is 10.2 Å². The summed E-state index contributed by atoms with van der Waals surface area (Å²) in [5.74, 6) is -0.779. The van der Waals surface area contributed by atoms with Crippen molar-refractivity contribution in [3.63, 3.8) is 0 Å². The summed E-state index contributed by atoms with van der Waals surface area (Å²) in [5.41, 5.74) is 2.32. The number of hydrogen-bond acceptors (Lipinski definition) is 4. The SMILES string of the molecule is Cc1ccccc1N1C[C@H](C(=O)Nc2ccc(S(=O)(=O)NC3CCCCC3)cc2)CC1=O. The number of nitrogens with one attached hydrogen (secondary N) is 2. The van der Waals surface area contributed by atoms with Crippen LogP contribution in [0.15, 0.2) is 53.4 Å². The molecule has 4 rings (SSSR count). The van der Waals surface area contributed by atoms with Gasteiger partial charge in [0.1, 0.15) is 0 Å². The van der Waals surface area contributed by atoms with E-state index in [2.05, 4.69) is 10.0 Å². The molecule has 1 aliphatic heterocycles. The highest BCUT2D eigenvalue weighted by Gasteiger charge is 2.35. The highest BCUT2D eigenvalue weighted by molar-refractivity contribution is 7.89. The van der Waals surface area contributed by atoms with E-state index in [1.807, 2.05) is 31.2 Å². The molecule has 1 aliphatic carbocycles. The number of aryl methyl sites for hydroxylation is 1. The van der Waals surface area contributed by atoms with Crippen LogP contribution in [0.25, 0.3) is 0 Å². The van der Waals surface area contributed by atoms with Crippen molar-refractivity contribution in [3.8, 4) is 0 Å². The fourth-order valence-corrected chi connectivity index (χ4v) is 5.76. The maximum absolute atomic E-state index is 12.7. The van der Waals surface area contributed by atoms with Crippen LogP contribution < -0.4 is 14.9 Å². The summed E-state index contributed by atoms with van der Waals surface area (Å²) in [6, 6.07) is 13.8. The number of sulfonamides is 1. The minimum atomic E-state index is -3.58. The monoisotopic (exact) mass is 455 g/mol. The number of rotatable bonds is 6. The second-order valence-corrected chi connectivity index (χ2v) is 10.4. The Bertz CT molecular complexity index is 1090. The van der Waals surface area contributed by atoms with Crippen LogP contribution >= 0.6 is 0 Å². The second kappa shape index (κ2) is 9.42. The summed E-state index contributed by atoms with van der Waals surface area (Å²) in [4.78, 5) is 27.1. The van der Waals surface area contributed by atoms with Gasteiger partial charge in [0.15, 0.2) is 0 Å². The molecule has 32 heavy (non-hydrogen) atoms. The molecule has 2 aliphatic rings. The standard InChI is InChI=1S/C24H29N3O4S/c1-17-7-5-6-10-22(17)27-16-18(15-23(27)28)24(29)25-19-11-13-21(14-12-19)32(30,31)26-20-8-3-2-4-9-20/h5-7,10-14,18,20,26H,2-4,8-9,15-16H2,1H3,(H,25,29)/t18-/m1/s1. The number of carbonyl (C=O) groups is 2. The number of amides is 2. The first kappa shape index (κ1) is 22.5. The lowest BCUT2D eigenvalue weighted by Gasteiger charge is -2.22. The van der Waals surface area contributed by atoms with Crippen LogP contribution in [-0.2, 0) is 19.6 Å². The van der Waals surface area contributed by atoms with Gasteiger partial charge in [-0.25, -0.2) is 13.1 Å². The largest absolute Gasteiger partial charge is 0.326 e. The summed E-state index contributed by atoms with van der Waals surface area (Å²) >= 11 is 0. The molecule has 170 valence electrons. The van der Waals surface area contributed by atoms with Crippen molar-refractivity contribution < 1.29 is 18.0 Å². The Morgan fingerprint density at radius 3 is 2.38 bits per heavy atom. The van der Waals surface area contributed by atoms with Crippen LogP contribution in [0.1, 0.15) is 44.1 Å². The molecule has 0 radical (unpaired) electrons. The molecule has 2 aromatic carbocycles. The van der Waals surface area contributed by atoms with Crippen LogP contribution in [-0.4, -0.2) is 32.8 Å². The molecular formula is C24H29N3O4S. The first-order valence-corrected chi connectivity index (χ1v) is 12.6. The van der Waals surface area contributed by atoms with E-state index in [1.54, 1.807) is 17.0 Å². The lowest BCUT2D eigenvalue weighted by atomic mass is 9.96. The van der Waals surface area contributed by atoms with Gasteiger partial charge in [0.05, 0.1) is 10.8 Å². The van der Waals surface area contributed by atoms with Crippen molar-refractivity contribution in [3.05, 3.63) is 54.1 Å². The van der Waals surface area contributed by atoms with Gasteiger partial charge in [-0.1, -0.05) is 37.5 Å². The predicted octanol–water partition coefficient (Wildman–Crippen LogP) is 3.60. The Balaban J connectivity index is 1.38. The smallest absolute Gasteiger partial charge is 0.240 e. The molecule has 0 spiro atoms. The van der Waals surface area contributed by atoms with Crippen molar-refractivity contribution in [2.45, 2.75) is 56.4 Å². The molecule has 2 aromatic rings. The Labute approximate surface area is 189 Å². The zero-order chi connectivity index (χ0) is 22.7. The Morgan fingerprint density at radius 1 is 1.00 bits per heavy atom. The summed E-state index contributed by atoms with van der Waals surface area (Å²) in [6.07, 6.45) is 5.13. The van der Waals surface area contributed by atoms with Crippen molar-refractivity contribution in [1.82, 2.24) is 4.72 Å². The summed E-state index contributed by atoms with van der Waals surface area (Å²) in [6.45, 7) is 2.27. The van der Waals surface area contributed by atoms with Gasteiger partial charge in [-0.2, -0.15) is 0 Å². The Kier molecular flexibility index (Phi) is 6.62. The zero-order valence-electron chi connectivity index (χ0n) is 18.2. The molecule has 0 bridgehead atoms. The Morgan fingerprint density at radius 2 is 1.69 bits per heavy atom. The number of anilines is 2. The van der Waals surface area contributed by atoms with E-state index in [4.69, 9.17) is 0 Å². The first-order chi connectivity index (χ1) is 15.3. The molecular weight excluding hydrogens is 426 g/mol. The van der Waals surface area contributed by atoms with Crippen molar-refractivity contribution in [2.75, 3.05) is 16.8 Å². The van der Waals surface area contributed by atoms with Crippen LogP contribution in [0.5, 0.6) is 0 Å². The Hall–Kier alpha value is -2.71. The van der Waals surface area contributed by atoms with Crippen molar-refractivity contribution in [1.29, 1.82) is 0 Å². The topological polar surface area (TPSA) is 95.6 Å². The molecule has 2 N–H and O–H groups in total. The van der Waals surface area contributed by atoms with E-state index >= 15 is 0 Å². The predicted molar refractivity (Wildman–Crippen MR) is 124 cm³/mol. The fraction of sp³-hybridized carbons (Fsp3) is 0.417. The van der Waals surface area contributed by atoms with E-state index in [0.717, 1.165) is 43.4 Å². The lowest BCUT2D eigenvalue weighted by molar-refractivity contribution is -0.122. The highest BCUT2D eigenvalue weighted by Crippen LogP contribution is 2.28. The van der Waals surface area contributed by atoms with Crippen LogP contribution in [0.3, 0.4) is 0 Å². The van der Waals surface area contributed by atoms with Crippen molar-refractivity contribution in [2.24, 2.45) is 5.92 Å². The van der Waals surface area contributed by atoms with Gasteiger partial charge >= 0.3 is 0 Å². The van der Waals surface area contributed by atoms with Gasteiger partial charge in [0, 0.05) is 30.4 Å². The van der Waals surface area contributed by atoms with Gasteiger partial charge in [-0.3, -0.25) is 9.59 Å². The number of carbonyl (C=O) groups excluding carboxylic acids is 2. The number of hydrogen-bond donors (Lipinski definition) is 2. The molecule has 1 saturated carbocycles. The number of para-hydroxylation sites is 1. The quantitative estimate of drug-likeness (QED) is 0.696. The third kappa shape index (κ3) is 5.02. The van der Waals surface area contributed by atoms with E-state index in [-0.39, 0.29) is 29.2 Å². The number of nitrogens with zero attached hydrogens (tertiary/aromatic N) is 1. The lowest BCUT2D eigenvalue weighted by Crippen LogP contribution is -2.36. The maximum Gasteiger partial charge on any atom is 0.240 e. The van der Waals surface area contributed by atoms with Crippen molar-refractivity contribution >= 4 is 33.2 Å². The third-order valence-corrected chi connectivity index (χ3v) is 7.80. The molecule has 1 atom stereocenters. The zero-order valence-corrected chi connectivity index (χ0v) is 19.0. The van der Waals surface area contributed by atoms with E-state index in [9.17, 15) is 18.0 Å². The van der Waals surface area contributed by atoms with Gasteiger partial charge in [0.25, 0.3) is 0 Å². The normalized spacial score (nSPS) is 19.8. The summed E-state index contributed by atoms with van der Waals surface area (Å²) in [5, 5.41) is 2.82. The minimum absolute atomic E-state index is 0.00997. The fourth-order valence-electron chi connectivity index (χ4n) is 4.45. The van der Waals surface area contributed by atoms with Gasteiger partial charge in [0.2, 0.25) is 21.8 Å².